The normalized spacial score (nSPS) is 20.9. The van der Waals surface area contributed by atoms with E-state index < -0.39 is 11.2 Å². The highest BCUT2D eigenvalue weighted by Crippen LogP contribution is 2.32. The molecule has 10 heteroatoms. The van der Waals surface area contributed by atoms with Crippen LogP contribution in [0.25, 0.3) is 0 Å². The summed E-state index contributed by atoms with van der Waals surface area (Å²) in [4.78, 5) is 59.8. The molecule has 4 aliphatic rings. The van der Waals surface area contributed by atoms with Crippen molar-refractivity contribution in [2.24, 2.45) is 17.6 Å². The number of nitrogens with two attached hydrogens (primary N) is 1. The van der Waals surface area contributed by atoms with Gasteiger partial charge in [-0.3, -0.25) is 14.4 Å². The summed E-state index contributed by atoms with van der Waals surface area (Å²) in [7, 11) is 0. The van der Waals surface area contributed by atoms with Gasteiger partial charge in [-0.1, -0.05) is 5.57 Å². The number of carbonyl (C=O) groups is 5. The maximum absolute atomic E-state index is 12.0. The van der Waals surface area contributed by atoms with Gasteiger partial charge in [-0.05, 0) is 105 Å². The van der Waals surface area contributed by atoms with Gasteiger partial charge in [0, 0.05) is 51.5 Å². The molecule has 0 unspecified atom stereocenters. The molecule has 244 valence electrons. The average Bonchev–Trinajstić information content (AvgIpc) is 3.38. The molecule has 2 heterocycles. The molecule has 2 amide bonds. The van der Waals surface area contributed by atoms with Crippen LogP contribution in [0.5, 0.6) is 0 Å². The molecule has 10 nitrogen and oxygen atoms in total. The van der Waals surface area contributed by atoms with Crippen LogP contribution in [0.15, 0.2) is 11.1 Å². The highest BCUT2D eigenvalue weighted by atomic mass is 16.6. The van der Waals surface area contributed by atoms with Crippen LogP contribution in [0.4, 0.5) is 9.59 Å². The van der Waals surface area contributed by atoms with Crippen molar-refractivity contribution in [1.82, 2.24) is 9.80 Å². The minimum absolute atomic E-state index is 0.106. The van der Waals surface area contributed by atoms with Crippen molar-refractivity contribution in [1.29, 1.82) is 0 Å². The Hall–Kier alpha value is -2.75. The van der Waals surface area contributed by atoms with E-state index in [4.69, 9.17) is 15.2 Å². The first-order valence-corrected chi connectivity index (χ1v) is 15.8. The summed E-state index contributed by atoms with van der Waals surface area (Å²) in [5.74, 6) is 0.829. The molecular formula is C33H55N3O7. The Bertz CT molecular complexity index is 1020. The van der Waals surface area contributed by atoms with Crippen molar-refractivity contribution in [3.05, 3.63) is 11.1 Å². The molecule has 43 heavy (non-hydrogen) atoms. The van der Waals surface area contributed by atoms with Crippen LogP contribution in [-0.2, 0) is 23.9 Å². The van der Waals surface area contributed by atoms with E-state index in [1.165, 1.54) is 5.57 Å². The van der Waals surface area contributed by atoms with Crippen LogP contribution in [-0.4, -0.2) is 82.8 Å². The maximum atomic E-state index is 12.0. The fourth-order valence-electron chi connectivity index (χ4n) is 5.35. The fourth-order valence-corrected chi connectivity index (χ4v) is 5.35. The van der Waals surface area contributed by atoms with Crippen molar-refractivity contribution in [2.75, 3.05) is 26.2 Å². The van der Waals surface area contributed by atoms with E-state index in [2.05, 4.69) is 0 Å². The monoisotopic (exact) mass is 605 g/mol. The first-order valence-electron chi connectivity index (χ1n) is 15.8. The van der Waals surface area contributed by atoms with E-state index in [-0.39, 0.29) is 35.7 Å². The van der Waals surface area contributed by atoms with E-state index in [1.54, 1.807) is 11.8 Å². The van der Waals surface area contributed by atoms with Gasteiger partial charge in [0.2, 0.25) is 0 Å². The number of ketones is 3. The van der Waals surface area contributed by atoms with Crippen LogP contribution in [0.3, 0.4) is 0 Å². The molecular weight excluding hydrogens is 550 g/mol. The molecule has 0 atom stereocenters. The summed E-state index contributed by atoms with van der Waals surface area (Å²) < 4.78 is 10.7. The quantitative estimate of drug-likeness (QED) is 0.402. The molecule has 1 saturated carbocycles. The number of carbonyl (C=O) groups excluding carboxylic acids is 5. The smallest absolute Gasteiger partial charge is 0.410 e. The van der Waals surface area contributed by atoms with Crippen molar-refractivity contribution in [3.8, 4) is 0 Å². The Kier molecular flexibility index (Phi) is 13.4. The molecule has 2 aliphatic heterocycles. The first kappa shape index (κ1) is 36.4. The average molecular weight is 606 g/mol. The Morgan fingerprint density at radius 1 is 0.744 bits per heavy atom. The van der Waals surface area contributed by atoms with Crippen LogP contribution < -0.4 is 5.73 Å². The zero-order valence-corrected chi connectivity index (χ0v) is 27.8. The highest BCUT2D eigenvalue weighted by Gasteiger charge is 2.30. The zero-order valence-electron chi connectivity index (χ0n) is 27.8. The van der Waals surface area contributed by atoms with Crippen LogP contribution in [0.2, 0.25) is 0 Å². The molecule has 0 radical (unpaired) electrons. The molecule has 2 aliphatic carbocycles. The van der Waals surface area contributed by atoms with Crippen molar-refractivity contribution >= 4 is 29.5 Å². The molecule has 2 saturated heterocycles. The van der Waals surface area contributed by atoms with Crippen LogP contribution >= 0.6 is 0 Å². The molecule has 0 bridgehead atoms. The standard InChI is InChI=1S/C17H27NO3.C10H20N2O2.C6H8O2/c1-12-14(5-6-15(12)19)11-13-7-9-18(10-8-13)16(20)21-17(2,3)4;1-10(2,3)14-9(13)12-6-4-8(11)5-7-12;1-4-5(7)2-3-6(4)8/h13H,5-11H2,1-4H3;8H,4-7,11H2,1-3H3;4H,2-3H2,1H3. The van der Waals surface area contributed by atoms with Gasteiger partial charge in [0.15, 0.2) is 5.78 Å². The fraction of sp³-hybridized carbons (Fsp3) is 0.788. The van der Waals surface area contributed by atoms with Crippen LogP contribution in [0.1, 0.15) is 113 Å². The predicted molar refractivity (Wildman–Crippen MR) is 166 cm³/mol. The number of amides is 2. The van der Waals surface area contributed by atoms with Gasteiger partial charge >= 0.3 is 12.2 Å². The number of hydrogen-bond donors (Lipinski definition) is 1. The van der Waals surface area contributed by atoms with Gasteiger partial charge in [-0.2, -0.15) is 0 Å². The number of Topliss-reactive ketones (excluding diaryl/α,β-unsaturated/α-hetero) is 3. The summed E-state index contributed by atoms with van der Waals surface area (Å²) in [5.41, 5.74) is 7.24. The largest absolute Gasteiger partial charge is 0.444 e. The lowest BCUT2D eigenvalue weighted by Crippen LogP contribution is -2.44. The first-order chi connectivity index (χ1) is 19.9. The van der Waals surface area contributed by atoms with Gasteiger partial charge in [0.05, 0.1) is 5.92 Å². The zero-order chi connectivity index (χ0) is 32.5. The van der Waals surface area contributed by atoms with Gasteiger partial charge in [-0.25, -0.2) is 9.59 Å². The molecule has 0 aromatic heterocycles. The molecule has 4 rings (SSSR count). The Morgan fingerprint density at radius 3 is 1.49 bits per heavy atom. The lowest BCUT2D eigenvalue weighted by atomic mass is 9.89. The van der Waals surface area contributed by atoms with Crippen LogP contribution in [0, 0.1) is 11.8 Å². The van der Waals surface area contributed by atoms with Gasteiger partial charge in [-0.15, -0.1) is 0 Å². The molecule has 0 aromatic carbocycles. The predicted octanol–water partition coefficient (Wildman–Crippen LogP) is 5.60. The topological polar surface area (TPSA) is 136 Å². The van der Waals surface area contributed by atoms with Crippen molar-refractivity contribution in [3.63, 3.8) is 0 Å². The number of allylic oxidation sites excluding steroid dienone is 2. The third kappa shape index (κ3) is 12.8. The summed E-state index contributed by atoms with van der Waals surface area (Å²) >= 11 is 0. The minimum Gasteiger partial charge on any atom is -0.444 e. The van der Waals surface area contributed by atoms with E-state index in [1.807, 2.05) is 53.4 Å². The number of rotatable bonds is 2. The van der Waals surface area contributed by atoms with Crippen molar-refractivity contribution in [2.45, 2.75) is 130 Å². The number of piperidine rings is 2. The Labute approximate surface area is 258 Å². The summed E-state index contributed by atoms with van der Waals surface area (Å²) in [5, 5.41) is 0. The second-order valence-corrected chi connectivity index (χ2v) is 14.2. The van der Waals surface area contributed by atoms with Gasteiger partial charge in [0.1, 0.15) is 22.8 Å². The third-order valence-corrected chi connectivity index (χ3v) is 8.18. The van der Waals surface area contributed by atoms with Crippen molar-refractivity contribution < 1.29 is 33.4 Å². The lowest BCUT2D eigenvalue weighted by molar-refractivity contribution is -0.126. The van der Waals surface area contributed by atoms with Gasteiger partial charge < -0.3 is 25.0 Å². The summed E-state index contributed by atoms with van der Waals surface area (Å²) in [6.07, 6.45) is 6.94. The van der Waals surface area contributed by atoms with E-state index in [0.29, 0.717) is 31.0 Å². The molecule has 0 aromatic rings. The Balaban J connectivity index is 0.000000251. The molecule has 0 spiro atoms. The second kappa shape index (κ2) is 15.8. The highest BCUT2D eigenvalue weighted by molar-refractivity contribution is 6.08. The second-order valence-electron chi connectivity index (χ2n) is 14.2. The maximum Gasteiger partial charge on any atom is 0.410 e. The number of ether oxygens (including phenoxy) is 2. The van der Waals surface area contributed by atoms with E-state index >= 15 is 0 Å². The molecule has 3 fully saturated rings. The number of nitrogens with zero attached hydrogens (tertiary/aromatic N) is 2. The Morgan fingerprint density at radius 2 is 1.16 bits per heavy atom. The van der Waals surface area contributed by atoms with Gasteiger partial charge in [0.25, 0.3) is 0 Å². The molecule has 2 N–H and O–H groups in total. The summed E-state index contributed by atoms with van der Waals surface area (Å²) in [6.45, 7) is 17.9. The lowest BCUT2D eigenvalue weighted by Gasteiger charge is -2.33. The minimum atomic E-state index is -0.430. The van der Waals surface area contributed by atoms with E-state index in [9.17, 15) is 24.0 Å². The third-order valence-electron chi connectivity index (χ3n) is 8.18. The van der Waals surface area contributed by atoms with E-state index in [0.717, 1.165) is 70.3 Å². The summed E-state index contributed by atoms with van der Waals surface area (Å²) in [6, 6.07) is 0.244. The number of hydrogen-bond acceptors (Lipinski definition) is 8. The number of likely N-dealkylation sites (tertiary alicyclic amines) is 2. The SMILES string of the molecule is CC(C)(C)OC(=O)N1CCC(N)CC1.CC1=C(CC2CCN(C(=O)OC(C)(C)C)CC2)CCC1=O.CC1C(=O)CCC1=O.